The summed E-state index contributed by atoms with van der Waals surface area (Å²) in [6, 6.07) is 4.49. The Kier molecular flexibility index (Phi) is 2.74. The highest BCUT2D eigenvalue weighted by atomic mass is 35.5. The van der Waals surface area contributed by atoms with Crippen molar-refractivity contribution in [3.05, 3.63) is 29.0 Å². The topological polar surface area (TPSA) is 38.1 Å². The summed E-state index contributed by atoms with van der Waals surface area (Å²) in [6.45, 7) is 1.86. The molecule has 1 saturated heterocycles. The molecule has 0 spiro atoms. The number of fused-ring (bicyclic) bond motifs is 3. The first-order chi connectivity index (χ1) is 9.72. The predicted octanol–water partition coefficient (Wildman–Crippen LogP) is 2.63. The highest BCUT2D eigenvalue weighted by Gasteiger charge is 2.31. The third-order valence-electron chi connectivity index (χ3n) is 4.47. The van der Waals surface area contributed by atoms with E-state index in [-0.39, 0.29) is 0 Å². The average Bonchev–Trinajstić information content (AvgIpc) is 3.00. The molecule has 0 saturated carbocycles. The van der Waals surface area contributed by atoms with Crippen LogP contribution in [0, 0.1) is 0 Å². The van der Waals surface area contributed by atoms with Gasteiger partial charge in [0.1, 0.15) is 5.65 Å². The number of aromatic nitrogens is 2. The monoisotopic (exact) mass is 289 g/mol. The molecule has 0 N–H and O–H groups in total. The summed E-state index contributed by atoms with van der Waals surface area (Å²) in [5.74, 6) is 0.320. The summed E-state index contributed by atoms with van der Waals surface area (Å²) in [5.41, 5.74) is 2.28. The molecule has 2 aliphatic heterocycles. The van der Waals surface area contributed by atoms with Crippen LogP contribution in [-0.4, -0.2) is 32.9 Å². The first-order valence-corrected chi connectivity index (χ1v) is 7.53. The Morgan fingerprint density at radius 3 is 3.00 bits per heavy atom. The van der Waals surface area contributed by atoms with Gasteiger partial charge in [-0.2, -0.15) is 0 Å². The Hall–Kier alpha value is -1.55. The van der Waals surface area contributed by atoms with Gasteiger partial charge in [0.05, 0.1) is 5.02 Å². The molecule has 1 amide bonds. The number of hydrogen-bond donors (Lipinski definition) is 0. The van der Waals surface area contributed by atoms with E-state index < -0.39 is 0 Å². The molecule has 0 aromatic carbocycles. The van der Waals surface area contributed by atoms with Crippen LogP contribution in [0.25, 0.3) is 11.0 Å². The summed E-state index contributed by atoms with van der Waals surface area (Å²) in [4.78, 5) is 18.4. The van der Waals surface area contributed by atoms with Crippen LogP contribution < -0.4 is 0 Å². The van der Waals surface area contributed by atoms with E-state index in [2.05, 4.69) is 20.5 Å². The van der Waals surface area contributed by atoms with E-state index in [0.29, 0.717) is 17.0 Å². The molecule has 0 bridgehead atoms. The molecule has 2 aromatic heterocycles. The molecular weight excluding hydrogens is 274 g/mol. The second-order valence-corrected chi connectivity index (χ2v) is 6.13. The maximum atomic E-state index is 11.9. The van der Waals surface area contributed by atoms with Gasteiger partial charge in [-0.25, -0.2) is 4.98 Å². The highest BCUT2D eigenvalue weighted by molar-refractivity contribution is 6.31. The highest BCUT2D eigenvalue weighted by Crippen LogP contribution is 2.29. The summed E-state index contributed by atoms with van der Waals surface area (Å²) >= 11 is 6.01. The SMILES string of the molecule is O=C1CCCN1C1CCn2c(cc3cc(Cl)cnc32)C1. The number of rotatable bonds is 1. The van der Waals surface area contributed by atoms with Crippen molar-refractivity contribution >= 4 is 28.5 Å². The molecule has 2 aliphatic rings. The van der Waals surface area contributed by atoms with E-state index in [1.807, 2.05) is 6.07 Å². The van der Waals surface area contributed by atoms with Gasteiger partial charge >= 0.3 is 0 Å². The van der Waals surface area contributed by atoms with Gasteiger partial charge in [-0.05, 0) is 25.0 Å². The van der Waals surface area contributed by atoms with E-state index >= 15 is 0 Å². The van der Waals surface area contributed by atoms with Crippen molar-refractivity contribution < 1.29 is 4.79 Å². The smallest absolute Gasteiger partial charge is 0.222 e. The van der Waals surface area contributed by atoms with Crippen LogP contribution in [-0.2, 0) is 17.8 Å². The molecule has 2 aromatic rings. The van der Waals surface area contributed by atoms with Crippen LogP contribution in [0.4, 0.5) is 0 Å². The summed E-state index contributed by atoms with van der Waals surface area (Å²) in [6.07, 6.45) is 5.38. The molecule has 5 heteroatoms. The fraction of sp³-hybridized carbons (Fsp3) is 0.467. The van der Waals surface area contributed by atoms with Crippen LogP contribution >= 0.6 is 11.6 Å². The zero-order chi connectivity index (χ0) is 13.7. The summed E-state index contributed by atoms with van der Waals surface area (Å²) in [7, 11) is 0. The Bertz CT molecular complexity index is 694. The minimum atomic E-state index is 0.320. The van der Waals surface area contributed by atoms with Crippen molar-refractivity contribution in [2.45, 2.75) is 38.3 Å². The number of carbonyl (C=O) groups is 1. The lowest BCUT2D eigenvalue weighted by Crippen LogP contribution is -2.41. The molecule has 4 heterocycles. The number of hydrogen-bond acceptors (Lipinski definition) is 2. The Morgan fingerprint density at radius 1 is 1.30 bits per heavy atom. The van der Waals surface area contributed by atoms with Crippen LogP contribution in [0.15, 0.2) is 18.3 Å². The van der Waals surface area contributed by atoms with Crippen molar-refractivity contribution in [1.29, 1.82) is 0 Å². The van der Waals surface area contributed by atoms with Crippen molar-refractivity contribution in [2.75, 3.05) is 6.54 Å². The number of carbonyl (C=O) groups excluding carboxylic acids is 1. The van der Waals surface area contributed by atoms with E-state index in [0.717, 1.165) is 49.8 Å². The van der Waals surface area contributed by atoms with Gasteiger partial charge in [-0.15, -0.1) is 0 Å². The van der Waals surface area contributed by atoms with E-state index in [4.69, 9.17) is 11.6 Å². The second kappa shape index (κ2) is 4.48. The average molecular weight is 290 g/mol. The minimum Gasteiger partial charge on any atom is -0.339 e. The largest absolute Gasteiger partial charge is 0.339 e. The number of pyridine rings is 1. The fourth-order valence-electron chi connectivity index (χ4n) is 3.53. The molecule has 1 atom stereocenters. The van der Waals surface area contributed by atoms with Crippen LogP contribution in [0.3, 0.4) is 0 Å². The molecule has 4 nitrogen and oxygen atoms in total. The first kappa shape index (κ1) is 12.2. The van der Waals surface area contributed by atoms with E-state index in [1.165, 1.54) is 5.69 Å². The number of aryl methyl sites for hydroxylation is 1. The van der Waals surface area contributed by atoms with E-state index in [1.54, 1.807) is 6.20 Å². The van der Waals surface area contributed by atoms with Gasteiger partial charge in [-0.3, -0.25) is 4.79 Å². The van der Waals surface area contributed by atoms with Crippen LogP contribution in [0.5, 0.6) is 0 Å². The van der Waals surface area contributed by atoms with Crippen molar-refractivity contribution in [1.82, 2.24) is 14.5 Å². The van der Waals surface area contributed by atoms with Crippen molar-refractivity contribution in [2.24, 2.45) is 0 Å². The molecule has 1 unspecified atom stereocenters. The number of amides is 1. The van der Waals surface area contributed by atoms with E-state index in [9.17, 15) is 4.79 Å². The Balaban J connectivity index is 1.69. The zero-order valence-corrected chi connectivity index (χ0v) is 11.9. The quantitative estimate of drug-likeness (QED) is 0.809. The zero-order valence-electron chi connectivity index (χ0n) is 11.2. The normalized spacial score (nSPS) is 22.6. The third kappa shape index (κ3) is 1.82. The number of nitrogens with zero attached hydrogens (tertiary/aromatic N) is 3. The molecule has 20 heavy (non-hydrogen) atoms. The Labute approximate surface area is 122 Å². The van der Waals surface area contributed by atoms with Crippen LogP contribution in [0.2, 0.25) is 5.02 Å². The minimum absolute atomic E-state index is 0.320. The van der Waals surface area contributed by atoms with Crippen molar-refractivity contribution in [3.8, 4) is 0 Å². The third-order valence-corrected chi connectivity index (χ3v) is 4.67. The molecule has 1 fully saturated rings. The molecule has 0 aliphatic carbocycles. The lowest BCUT2D eigenvalue weighted by Gasteiger charge is -2.32. The van der Waals surface area contributed by atoms with Gasteiger partial charge < -0.3 is 9.47 Å². The van der Waals surface area contributed by atoms with Gasteiger partial charge in [-0.1, -0.05) is 11.6 Å². The Morgan fingerprint density at radius 2 is 2.20 bits per heavy atom. The standard InChI is InChI=1S/C15H16ClN3O/c16-11-6-10-7-13-8-12(18-4-1-2-14(18)20)3-5-19(13)15(10)17-9-11/h6-7,9,12H,1-5,8H2. The number of likely N-dealkylation sites (tertiary alicyclic amines) is 1. The lowest BCUT2D eigenvalue weighted by atomic mass is 10.0. The van der Waals surface area contributed by atoms with Crippen LogP contribution in [0.1, 0.15) is 25.0 Å². The van der Waals surface area contributed by atoms with Crippen molar-refractivity contribution in [3.63, 3.8) is 0 Å². The fourth-order valence-corrected chi connectivity index (χ4v) is 3.70. The van der Waals surface area contributed by atoms with Gasteiger partial charge in [0.2, 0.25) is 5.91 Å². The maximum absolute atomic E-state index is 11.9. The first-order valence-electron chi connectivity index (χ1n) is 7.15. The molecule has 0 radical (unpaired) electrons. The molecule has 4 rings (SSSR count). The van der Waals surface area contributed by atoms with Gasteiger partial charge in [0.25, 0.3) is 0 Å². The maximum Gasteiger partial charge on any atom is 0.222 e. The molecular formula is C15H16ClN3O. The molecule has 104 valence electrons. The number of halogens is 1. The lowest BCUT2D eigenvalue weighted by molar-refractivity contribution is -0.130. The summed E-state index contributed by atoms with van der Waals surface area (Å²) < 4.78 is 2.27. The summed E-state index contributed by atoms with van der Waals surface area (Å²) in [5, 5.41) is 1.77. The van der Waals surface area contributed by atoms with Gasteiger partial charge in [0, 0.05) is 49.2 Å². The van der Waals surface area contributed by atoms with Gasteiger partial charge in [0.15, 0.2) is 0 Å². The predicted molar refractivity (Wildman–Crippen MR) is 77.8 cm³/mol. The second-order valence-electron chi connectivity index (χ2n) is 5.69.